The third-order valence-corrected chi connectivity index (χ3v) is 19.8. The van der Waals surface area contributed by atoms with Gasteiger partial charge in [-0.05, 0) is 143 Å². The molecule has 20 rings (SSSR count). The lowest BCUT2D eigenvalue weighted by Crippen LogP contribution is -2.10. The summed E-state index contributed by atoms with van der Waals surface area (Å²) in [6, 6.07) is 136. The van der Waals surface area contributed by atoms with Crippen LogP contribution >= 0.6 is 11.6 Å². The van der Waals surface area contributed by atoms with E-state index in [-0.39, 0.29) is 0 Å². The van der Waals surface area contributed by atoms with Crippen LogP contribution in [0.2, 0.25) is 5.02 Å². The Hall–Kier alpha value is -13.4. The smallest absolute Gasteiger partial charge is 0.159 e. The predicted octanol–water partition coefficient (Wildman–Crippen LogP) is 27.6. The Balaban J connectivity index is 0.000000122. The summed E-state index contributed by atoms with van der Waals surface area (Å²) in [5.74, 6) is 0. The minimum absolute atomic E-state index is 0.754. The van der Waals surface area contributed by atoms with Gasteiger partial charge in [-0.1, -0.05) is 291 Å². The monoisotopic (exact) mass is 1340 g/mol. The molecule has 0 spiro atoms. The van der Waals surface area contributed by atoms with E-state index in [1.165, 1.54) is 88.2 Å². The Kier molecular flexibility index (Phi) is 16.2. The Bertz CT molecular complexity index is 6420. The summed E-state index contributed by atoms with van der Waals surface area (Å²) in [7, 11) is 0. The number of hydrogen-bond donors (Lipinski definition) is 1. The highest BCUT2D eigenvalue weighted by atomic mass is 35.5. The van der Waals surface area contributed by atoms with Gasteiger partial charge in [0.2, 0.25) is 0 Å². The topological polar surface area (TPSA) is 51.4 Å². The molecule has 0 aliphatic rings. The number of benzene rings is 16. The first-order chi connectivity index (χ1) is 51.0. The number of nitrogens with zero attached hydrogens (tertiary/aromatic N) is 3. The molecule has 20 aromatic rings. The molecule has 0 amide bonds. The van der Waals surface area contributed by atoms with Crippen molar-refractivity contribution in [3.8, 4) is 55.9 Å². The quantitative estimate of drug-likeness (QED) is 0.140. The zero-order valence-corrected chi connectivity index (χ0v) is 56.7. The molecule has 4 aromatic heterocycles. The number of nitrogens with one attached hydrogen (secondary N) is 1. The lowest BCUT2D eigenvalue weighted by atomic mass is 10.0. The molecule has 0 aliphatic heterocycles. The molecule has 4 heterocycles. The summed E-state index contributed by atoms with van der Waals surface area (Å²) < 4.78 is 17.4. The van der Waals surface area contributed by atoms with Crippen LogP contribution in [0.5, 0.6) is 0 Å². The van der Waals surface area contributed by atoms with Crippen molar-refractivity contribution in [1.82, 2.24) is 9.13 Å². The predicted molar refractivity (Wildman–Crippen MR) is 434 cm³/mol. The van der Waals surface area contributed by atoms with Gasteiger partial charge in [-0.15, -0.1) is 0 Å². The molecule has 488 valence electrons. The molecule has 16 aromatic carbocycles. The van der Waals surface area contributed by atoms with Gasteiger partial charge in [-0.25, -0.2) is 0 Å². The highest BCUT2D eigenvalue weighted by molar-refractivity contribution is 6.30. The number of aromatic nitrogens is 2. The molecule has 0 unspecified atom stereocenters. The number of anilines is 5. The van der Waals surface area contributed by atoms with E-state index < -0.39 is 0 Å². The van der Waals surface area contributed by atoms with Gasteiger partial charge in [0.15, 0.2) is 11.2 Å². The number of rotatable bonds is 11. The highest BCUT2D eigenvalue weighted by Crippen LogP contribution is 2.46. The van der Waals surface area contributed by atoms with Crippen molar-refractivity contribution in [2.24, 2.45) is 0 Å². The zero-order valence-electron chi connectivity index (χ0n) is 56.0. The van der Waals surface area contributed by atoms with Crippen LogP contribution in [0.1, 0.15) is 0 Å². The fraction of sp³-hybridized carbons (Fsp3) is 0. The number of para-hydroxylation sites is 10. The van der Waals surface area contributed by atoms with Gasteiger partial charge >= 0.3 is 0 Å². The van der Waals surface area contributed by atoms with E-state index in [1.807, 2.05) is 48.5 Å². The van der Waals surface area contributed by atoms with Crippen molar-refractivity contribution >= 4 is 128 Å². The first-order valence-corrected chi connectivity index (χ1v) is 35.1. The van der Waals surface area contributed by atoms with Gasteiger partial charge in [0.1, 0.15) is 11.2 Å². The highest BCUT2D eigenvalue weighted by Gasteiger charge is 2.23. The van der Waals surface area contributed by atoms with E-state index in [9.17, 15) is 0 Å². The van der Waals surface area contributed by atoms with Crippen LogP contribution in [-0.2, 0) is 0 Å². The standard InChI is InChI=1S/C48H32N2O.C24H16ClN.C24H17NO/c1-3-13-33(14-4-1)34-25-29-37(30-26-34)49(45-23-12-21-43-41-18-8-10-24-46(41)51-48(43)45)38-31-27-35(28-32-38)39-19-11-20-42-40-17-7-9-22-44(40)50(47(39)42)36-15-5-2-6-16-36;25-18-15-13-17(14-16-18)20-10-6-11-22-21-9-4-5-12-23(21)26(24(20)22)19-7-2-1-3-8-19;1-2-7-17(8-3-1)18-13-15-19(16-14-18)25-22-11-6-10-21-20-9-4-5-12-23(20)26-24(21)22/h1-32H;1-16H;1-16,25H. The van der Waals surface area contributed by atoms with Gasteiger partial charge in [0, 0.05) is 87.7 Å². The fourth-order valence-electron chi connectivity index (χ4n) is 14.8. The Labute approximate surface area is 601 Å². The van der Waals surface area contributed by atoms with Crippen molar-refractivity contribution in [3.63, 3.8) is 0 Å². The first-order valence-electron chi connectivity index (χ1n) is 34.7. The lowest BCUT2D eigenvalue weighted by molar-refractivity contribution is 0.669. The van der Waals surface area contributed by atoms with Crippen LogP contribution < -0.4 is 10.2 Å². The largest absolute Gasteiger partial charge is 0.454 e. The summed E-state index contributed by atoms with van der Waals surface area (Å²) >= 11 is 6.10. The molecule has 0 radical (unpaired) electrons. The van der Waals surface area contributed by atoms with Gasteiger partial charge < -0.3 is 28.2 Å². The molecule has 0 fully saturated rings. The van der Waals surface area contributed by atoms with E-state index in [2.05, 4.69) is 359 Å². The SMILES string of the molecule is Clc1ccc(-c2cccc3c4ccccc4n(-c4ccccc4)c23)cc1.c1ccc(-c2ccc(N(c3ccc(-c4cccc5c6ccccc6n(-c6ccccc6)c45)cc3)c3cccc4c3oc3ccccc34)cc2)cc1.c1ccc(-c2ccc(Nc3cccc4c3oc3ccccc34)cc2)cc1. The molecule has 103 heavy (non-hydrogen) atoms. The summed E-state index contributed by atoms with van der Waals surface area (Å²) in [4.78, 5) is 2.31. The maximum absolute atomic E-state index is 6.58. The summed E-state index contributed by atoms with van der Waals surface area (Å²) in [6.45, 7) is 0. The molecule has 6 nitrogen and oxygen atoms in total. The van der Waals surface area contributed by atoms with Crippen molar-refractivity contribution in [1.29, 1.82) is 0 Å². The van der Waals surface area contributed by atoms with E-state index in [0.29, 0.717) is 0 Å². The van der Waals surface area contributed by atoms with Crippen LogP contribution in [-0.4, -0.2) is 9.13 Å². The van der Waals surface area contributed by atoms with Crippen LogP contribution in [0.4, 0.5) is 28.4 Å². The second-order valence-corrected chi connectivity index (χ2v) is 26.1. The number of fused-ring (bicyclic) bond motifs is 12. The Morgan fingerprint density at radius 2 is 0.621 bits per heavy atom. The van der Waals surface area contributed by atoms with E-state index in [4.69, 9.17) is 20.4 Å². The maximum Gasteiger partial charge on any atom is 0.159 e. The first kappa shape index (κ1) is 61.9. The van der Waals surface area contributed by atoms with E-state index in [0.717, 1.165) is 88.6 Å². The maximum atomic E-state index is 6.58. The van der Waals surface area contributed by atoms with Crippen molar-refractivity contribution in [3.05, 3.63) is 393 Å². The lowest BCUT2D eigenvalue weighted by Gasteiger charge is -2.26. The Morgan fingerprint density at radius 3 is 1.13 bits per heavy atom. The van der Waals surface area contributed by atoms with Crippen LogP contribution in [0.25, 0.3) is 143 Å². The van der Waals surface area contributed by atoms with Crippen LogP contribution in [0.3, 0.4) is 0 Å². The Morgan fingerprint density at radius 1 is 0.262 bits per heavy atom. The van der Waals surface area contributed by atoms with E-state index in [1.54, 1.807) is 0 Å². The number of halogens is 1. The fourth-order valence-corrected chi connectivity index (χ4v) is 14.9. The molecule has 0 saturated carbocycles. The number of hydrogen-bond acceptors (Lipinski definition) is 4. The molecule has 0 atom stereocenters. The molecular formula is C96H65ClN4O2. The average Bonchev–Trinajstić information content (AvgIpc) is 1.61. The van der Waals surface area contributed by atoms with Gasteiger partial charge in [0.25, 0.3) is 0 Å². The average molecular weight is 1340 g/mol. The summed E-state index contributed by atoms with van der Waals surface area (Å²) in [5.41, 5.74) is 25.4. The second kappa shape index (κ2) is 27.0. The normalized spacial score (nSPS) is 11.3. The van der Waals surface area contributed by atoms with Crippen LogP contribution in [0.15, 0.2) is 397 Å². The minimum atomic E-state index is 0.754. The molecule has 0 bridgehead atoms. The second-order valence-electron chi connectivity index (χ2n) is 25.7. The molecular weight excluding hydrogens is 1280 g/mol. The van der Waals surface area contributed by atoms with E-state index >= 15 is 0 Å². The summed E-state index contributed by atoms with van der Waals surface area (Å²) in [6.07, 6.45) is 0. The van der Waals surface area contributed by atoms with Crippen molar-refractivity contribution in [2.75, 3.05) is 10.2 Å². The molecule has 0 saturated heterocycles. The third kappa shape index (κ3) is 11.7. The van der Waals surface area contributed by atoms with Crippen molar-refractivity contribution in [2.45, 2.75) is 0 Å². The molecule has 0 aliphatic carbocycles. The number of furan rings is 2. The summed E-state index contributed by atoms with van der Waals surface area (Å²) in [5, 5.41) is 13.8. The molecule has 1 N–H and O–H groups in total. The van der Waals surface area contributed by atoms with Gasteiger partial charge in [0.05, 0.1) is 33.4 Å². The van der Waals surface area contributed by atoms with Crippen molar-refractivity contribution < 1.29 is 8.83 Å². The third-order valence-electron chi connectivity index (χ3n) is 19.5. The van der Waals surface area contributed by atoms with Gasteiger partial charge in [-0.3, -0.25) is 0 Å². The zero-order chi connectivity index (χ0) is 68.6. The van der Waals surface area contributed by atoms with Crippen LogP contribution in [0, 0.1) is 0 Å². The molecule has 7 heteroatoms. The van der Waals surface area contributed by atoms with Gasteiger partial charge in [-0.2, -0.15) is 0 Å². The minimum Gasteiger partial charge on any atom is -0.454 e.